The summed E-state index contributed by atoms with van der Waals surface area (Å²) in [6.45, 7) is 0. The molecular formula is C10H7N2O. The van der Waals surface area contributed by atoms with E-state index in [2.05, 4.69) is 16.2 Å². The minimum Gasteiger partial charge on any atom is -0.411 e. The highest BCUT2D eigenvalue weighted by Crippen LogP contribution is 2.11. The van der Waals surface area contributed by atoms with E-state index in [-0.39, 0.29) is 0 Å². The molecule has 1 heterocycles. The van der Waals surface area contributed by atoms with Gasteiger partial charge < -0.3 is 5.21 Å². The second kappa shape index (κ2) is 3.23. The van der Waals surface area contributed by atoms with E-state index >= 15 is 0 Å². The van der Waals surface area contributed by atoms with E-state index in [0.29, 0.717) is 0 Å². The van der Waals surface area contributed by atoms with Crippen molar-refractivity contribution in [2.24, 2.45) is 5.16 Å². The molecular weight excluding hydrogens is 164 g/mol. The van der Waals surface area contributed by atoms with Crippen LogP contribution in [0.5, 0.6) is 0 Å². The monoisotopic (exact) mass is 171 g/mol. The van der Waals surface area contributed by atoms with Gasteiger partial charge in [-0.3, -0.25) is 4.98 Å². The van der Waals surface area contributed by atoms with E-state index in [4.69, 9.17) is 5.21 Å². The van der Waals surface area contributed by atoms with Gasteiger partial charge in [0.2, 0.25) is 0 Å². The first kappa shape index (κ1) is 7.73. The van der Waals surface area contributed by atoms with Crippen LogP contribution in [0, 0.1) is 6.07 Å². The van der Waals surface area contributed by atoms with Gasteiger partial charge in [0.1, 0.15) is 0 Å². The fourth-order valence-electron chi connectivity index (χ4n) is 1.19. The van der Waals surface area contributed by atoms with Crippen LogP contribution < -0.4 is 0 Å². The summed E-state index contributed by atoms with van der Waals surface area (Å²) >= 11 is 0. The summed E-state index contributed by atoms with van der Waals surface area (Å²) in [4.78, 5) is 4.12. The lowest BCUT2D eigenvalue weighted by Crippen LogP contribution is -1.82. The van der Waals surface area contributed by atoms with Crippen LogP contribution >= 0.6 is 0 Å². The van der Waals surface area contributed by atoms with Crippen LogP contribution in [-0.4, -0.2) is 16.4 Å². The second-order valence-electron chi connectivity index (χ2n) is 2.63. The van der Waals surface area contributed by atoms with Gasteiger partial charge in [-0.25, -0.2) is 0 Å². The molecule has 13 heavy (non-hydrogen) atoms. The van der Waals surface area contributed by atoms with Gasteiger partial charge in [0.25, 0.3) is 0 Å². The van der Waals surface area contributed by atoms with E-state index in [1.807, 2.05) is 24.3 Å². The molecule has 1 aromatic heterocycles. The maximum Gasteiger partial charge on any atom is 0.0734 e. The van der Waals surface area contributed by atoms with Gasteiger partial charge in [-0.1, -0.05) is 11.2 Å². The highest BCUT2D eigenvalue weighted by atomic mass is 16.4. The molecule has 0 saturated carbocycles. The summed E-state index contributed by atoms with van der Waals surface area (Å²) in [5.41, 5.74) is 1.75. The average Bonchev–Trinajstić information content (AvgIpc) is 2.18. The van der Waals surface area contributed by atoms with Gasteiger partial charge in [0.05, 0.1) is 11.7 Å². The molecule has 0 unspecified atom stereocenters. The van der Waals surface area contributed by atoms with Crippen molar-refractivity contribution in [3.63, 3.8) is 0 Å². The normalized spacial score (nSPS) is 11.1. The van der Waals surface area contributed by atoms with Crippen molar-refractivity contribution in [1.29, 1.82) is 0 Å². The van der Waals surface area contributed by atoms with E-state index in [9.17, 15) is 0 Å². The molecule has 3 nitrogen and oxygen atoms in total. The third-order valence-electron chi connectivity index (χ3n) is 1.78. The van der Waals surface area contributed by atoms with E-state index in [1.165, 1.54) is 6.21 Å². The molecule has 0 aliphatic rings. The first-order chi connectivity index (χ1) is 6.40. The minimum atomic E-state index is 0.844. The van der Waals surface area contributed by atoms with Crippen molar-refractivity contribution < 1.29 is 5.21 Å². The molecule has 0 aliphatic carbocycles. The third-order valence-corrected chi connectivity index (χ3v) is 1.78. The molecule has 2 rings (SSSR count). The largest absolute Gasteiger partial charge is 0.411 e. The zero-order valence-electron chi connectivity index (χ0n) is 6.81. The molecule has 1 N–H and O–H groups in total. The maximum absolute atomic E-state index is 8.34. The average molecular weight is 171 g/mol. The first-order valence-corrected chi connectivity index (χ1v) is 3.83. The molecule has 1 radical (unpaired) electrons. The third kappa shape index (κ3) is 1.49. The zero-order chi connectivity index (χ0) is 9.10. The number of rotatable bonds is 1. The lowest BCUT2D eigenvalue weighted by atomic mass is 10.1. The van der Waals surface area contributed by atoms with Crippen LogP contribution in [0.25, 0.3) is 10.9 Å². The quantitative estimate of drug-likeness (QED) is 0.404. The predicted molar refractivity (Wildman–Crippen MR) is 50.0 cm³/mol. The summed E-state index contributed by atoms with van der Waals surface area (Å²) in [6, 6.07) is 10.3. The van der Waals surface area contributed by atoms with Crippen molar-refractivity contribution in [1.82, 2.24) is 4.98 Å². The number of oxime groups is 1. The summed E-state index contributed by atoms with van der Waals surface area (Å²) in [6.07, 6.45) is 3.01. The Morgan fingerprint density at radius 2 is 2.38 bits per heavy atom. The van der Waals surface area contributed by atoms with Crippen LogP contribution in [0.4, 0.5) is 0 Å². The SMILES string of the molecule is O/N=C\c1ccc2nc[c]cc2c1. The summed E-state index contributed by atoms with van der Waals surface area (Å²) in [5, 5.41) is 12.3. The fourth-order valence-corrected chi connectivity index (χ4v) is 1.19. The molecule has 0 aliphatic heterocycles. The van der Waals surface area contributed by atoms with E-state index in [0.717, 1.165) is 16.5 Å². The van der Waals surface area contributed by atoms with Gasteiger partial charge in [-0.05, 0) is 23.8 Å². The molecule has 2 aromatic rings. The number of fused-ring (bicyclic) bond motifs is 1. The lowest BCUT2D eigenvalue weighted by molar-refractivity contribution is 0.322. The highest BCUT2D eigenvalue weighted by molar-refractivity contribution is 5.88. The fraction of sp³-hybridized carbons (Fsp3) is 0. The molecule has 3 heteroatoms. The number of aromatic nitrogens is 1. The van der Waals surface area contributed by atoms with E-state index < -0.39 is 0 Å². The first-order valence-electron chi connectivity index (χ1n) is 3.83. The standard InChI is InChI=1S/C10H7N2O/c13-12-7-8-3-4-10-9(6-8)2-1-5-11-10/h2-7,13H/b12-7-. The van der Waals surface area contributed by atoms with Gasteiger partial charge >= 0.3 is 0 Å². The van der Waals surface area contributed by atoms with Gasteiger partial charge in [0.15, 0.2) is 0 Å². The van der Waals surface area contributed by atoms with Gasteiger partial charge in [-0.2, -0.15) is 0 Å². The number of pyridine rings is 1. The topological polar surface area (TPSA) is 45.5 Å². The van der Waals surface area contributed by atoms with Crippen LogP contribution in [0.2, 0.25) is 0 Å². The number of nitrogens with zero attached hydrogens (tertiary/aromatic N) is 2. The molecule has 0 atom stereocenters. The Labute approximate surface area is 75.3 Å². The van der Waals surface area contributed by atoms with Crippen molar-refractivity contribution in [2.75, 3.05) is 0 Å². The Balaban J connectivity index is 2.62. The Morgan fingerprint density at radius 1 is 1.46 bits per heavy atom. The predicted octanol–water partition coefficient (Wildman–Crippen LogP) is 1.84. The molecule has 0 spiro atoms. The zero-order valence-corrected chi connectivity index (χ0v) is 6.81. The Hall–Kier alpha value is -1.90. The summed E-state index contributed by atoms with van der Waals surface area (Å²) in [7, 11) is 0. The Bertz CT molecular complexity index is 451. The Morgan fingerprint density at radius 3 is 3.23 bits per heavy atom. The molecule has 0 fully saturated rings. The molecule has 0 bridgehead atoms. The van der Waals surface area contributed by atoms with Crippen molar-refractivity contribution in [3.8, 4) is 0 Å². The van der Waals surface area contributed by atoms with Crippen LogP contribution in [0.1, 0.15) is 5.56 Å². The smallest absolute Gasteiger partial charge is 0.0734 e. The number of hydrogen-bond acceptors (Lipinski definition) is 3. The second-order valence-corrected chi connectivity index (χ2v) is 2.63. The molecule has 0 amide bonds. The number of benzene rings is 1. The molecule has 0 saturated heterocycles. The summed E-state index contributed by atoms with van der Waals surface area (Å²) in [5.74, 6) is 0. The maximum atomic E-state index is 8.34. The van der Waals surface area contributed by atoms with Crippen molar-refractivity contribution >= 4 is 17.1 Å². The lowest BCUT2D eigenvalue weighted by Gasteiger charge is -1.96. The van der Waals surface area contributed by atoms with E-state index in [1.54, 1.807) is 6.20 Å². The van der Waals surface area contributed by atoms with Crippen molar-refractivity contribution in [2.45, 2.75) is 0 Å². The Kier molecular flexibility index (Phi) is 1.92. The van der Waals surface area contributed by atoms with Crippen LogP contribution in [0.3, 0.4) is 0 Å². The molecule has 63 valence electrons. The van der Waals surface area contributed by atoms with Gasteiger partial charge in [0, 0.05) is 17.6 Å². The highest BCUT2D eigenvalue weighted by Gasteiger charge is 1.93. The number of hydrogen-bond donors (Lipinski definition) is 1. The van der Waals surface area contributed by atoms with Crippen molar-refractivity contribution in [3.05, 3.63) is 42.1 Å². The van der Waals surface area contributed by atoms with Crippen LogP contribution in [-0.2, 0) is 0 Å². The summed E-state index contributed by atoms with van der Waals surface area (Å²) < 4.78 is 0. The van der Waals surface area contributed by atoms with Gasteiger partial charge in [-0.15, -0.1) is 0 Å². The molecule has 1 aromatic carbocycles. The minimum absolute atomic E-state index is 0.844. The van der Waals surface area contributed by atoms with Crippen LogP contribution in [0.15, 0.2) is 35.6 Å².